The van der Waals surface area contributed by atoms with E-state index in [0.29, 0.717) is 29.8 Å². The van der Waals surface area contributed by atoms with Crippen LogP contribution in [0.1, 0.15) is 19.4 Å². The summed E-state index contributed by atoms with van der Waals surface area (Å²) < 4.78 is 36.4. The Balaban J connectivity index is 1.88. The maximum atomic E-state index is 12.9. The first-order valence-corrected chi connectivity index (χ1v) is 11.6. The molecule has 0 unspecified atom stereocenters. The monoisotopic (exact) mass is 432 g/mol. The molecule has 1 heterocycles. The minimum absolute atomic E-state index is 0.297. The van der Waals surface area contributed by atoms with E-state index in [1.165, 1.54) is 11.8 Å². The molecule has 0 saturated carbocycles. The van der Waals surface area contributed by atoms with Crippen molar-refractivity contribution in [3.8, 4) is 11.3 Å². The summed E-state index contributed by atoms with van der Waals surface area (Å²) in [5.41, 5.74) is 2.18. The Morgan fingerprint density at radius 2 is 1.55 bits per heavy atom. The molecular weight excluding hydrogens is 410 g/mol. The van der Waals surface area contributed by atoms with Crippen molar-refractivity contribution in [2.45, 2.75) is 30.4 Å². The maximum absolute atomic E-state index is 12.9. The van der Waals surface area contributed by atoms with Crippen molar-refractivity contribution in [3.05, 3.63) is 66.5 Å². The van der Waals surface area contributed by atoms with Gasteiger partial charge >= 0.3 is 7.60 Å². The fraction of sp³-hybridized carbons (Fsp3) is 0.238. The van der Waals surface area contributed by atoms with E-state index in [-0.39, 0.29) is 0 Å². The van der Waals surface area contributed by atoms with Crippen molar-refractivity contribution in [1.29, 1.82) is 0 Å². The summed E-state index contributed by atoms with van der Waals surface area (Å²) in [5.74, 6) is 0. The Bertz CT molecular complexity index is 974. The molecule has 0 spiro atoms. The van der Waals surface area contributed by atoms with E-state index >= 15 is 0 Å². The molecule has 0 aliphatic carbocycles. The number of rotatable bonds is 9. The second kappa shape index (κ2) is 10.1. The quantitative estimate of drug-likeness (QED) is 0.407. The lowest BCUT2D eigenvalue weighted by Gasteiger charge is -2.17. The average molecular weight is 432 g/mol. The van der Waals surface area contributed by atoms with Crippen molar-refractivity contribution < 1.29 is 18.0 Å². The van der Waals surface area contributed by atoms with Crippen LogP contribution in [0.5, 0.6) is 0 Å². The van der Waals surface area contributed by atoms with E-state index in [1.807, 2.05) is 24.3 Å². The zero-order valence-electron chi connectivity index (χ0n) is 16.2. The molecule has 0 atom stereocenters. The number of nitrogens with zero attached hydrogens (tertiary/aromatic N) is 2. The van der Waals surface area contributed by atoms with Crippen LogP contribution in [0, 0.1) is 0 Å². The van der Waals surface area contributed by atoms with E-state index in [4.69, 9.17) is 9.05 Å². The first-order chi connectivity index (χ1) is 14.1. The van der Waals surface area contributed by atoms with Gasteiger partial charge in [0.25, 0.3) is 0 Å². The minimum atomic E-state index is -3.33. The van der Waals surface area contributed by atoms with Crippen LogP contribution in [0.2, 0.25) is 0 Å². The fourth-order valence-corrected chi connectivity index (χ4v) is 5.13. The van der Waals surface area contributed by atoms with Gasteiger partial charge in [-0.25, -0.2) is 9.37 Å². The van der Waals surface area contributed by atoms with Gasteiger partial charge in [0.2, 0.25) is 0 Å². The summed E-state index contributed by atoms with van der Waals surface area (Å²) in [5, 5.41) is 1.23. The van der Waals surface area contributed by atoms with Crippen molar-refractivity contribution in [2.75, 3.05) is 13.2 Å². The Hall–Kier alpha value is -2.05. The molecule has 152 valence electrons. The minimum Gasteiger partial charge on any atom is -0.305 e. The number of hydrogen-bond acceptors (Lipinski definition) is 6. The predicted octanol–water partition coefficient (Wildman–Crippen LogP) is 5.66. The van der Waals surface area contributed by atoms with Crippen molar-refractivity contribution >= 4 is 24.7 Å². The van der Waals surface area contributed by atoms with Gasteiger partial charge in [-0.15, -0.1) is 0 Å². The highest BCUT2D eigenvalue weighted by Crippen LogP contribution is 2.47. The van der Waals surface area contributed by atoms with Gasteiger partial charge in [0.05, 0.1) is 18.5 Å². The predicted molar refractivity (Wildman–Crippen MR) is 113 cm³/mol. The number of halogens is 1. The molecule has 0 saturated heterocycles. The number of benzene rings is 2. The first-order valence-electron chi connectivity index (χ1n) is 9.23. The van der Waals surface area contributed by atoms with Gasteiger partial charge in [-0.3, -0.25) is 9.55 Å². The smallest absolute Gasteiger partial charge is 0.305 e. The highest BCUT2D eigenvalue weighted by Gasteiger charge is 2.26. The Morgan fingerprint density at radius 1 is 0.931 bits per heavy atom. The molecule has 8 heteroatoms. The lowest BCUT2D eigenvalue weighted by atomic mass is 10.2. The van der Waals surface area contributed by atoms with Crippen molar-refractivity contribution in [2.24, 2.45) is 0 Å². The third-order valence-electron chi connectivity index (χ3n) is 4.01. The lowest BCUT2D eigenvalue weighted by molar-refractivity contribution is 0.230. The molecule has 3 aromatic rings. The largest absolute Gasteiger partial charge is 0.361 e. The summed E-state index contributed by atoms with van der Waals surface area (Å²) in [7, 11) is -3.33. The highest BCUT2D eigenvalue weighted by atomic mass is 32.2. The van der Waals surface area contributed by atoms with Crippen LogP contribution in [0.4, 0.5) is 4.39 Å². The van der Waals surface area contributed by atoms with Gasteiger partial charge in [-0.1, -0.05) is 36.0 Å². The second-order valence-corrected chi connectivity index (χ2v) is 9.06. The standard InChI is InChI=1S/C21H22FN2O3PS/c1-3-26-28(25,27-4-2)18-9-7-17(8-10-18)20-21(24-14-13-23-20)29-19-11-5-16(15-22)6-12-19/h5-14H,3-4,15H2,1-2H3. The summed E-state index contributed by atoms with van der Waals surface area (Å²) >= 11 is 1.45. The summed E-state index contributed by atoms with van der Waals surface area (Å²) in [6.07, 6.45) is 3.26. The zero-order valence-corrected chi connectivity index (χ0v) is 18.0. The van der Waals surface area contributed by atoms with Crippen molar-refractivity contribution in [3.63, 3.8) is 0 Å². The van der Waals surface area contributed by atoms with Gasteiger partial charge in [-0.2, -0.15) is 0 Å². The lowest BCUT2D eigenvalue weighted by Crippen LogP contribution is -2.10. The zero-order chi connectivity index (χ0) is 20.7. The van der Waals surface area contributed by atoms with E-state index in [1.54, 1.807) is 50.5 Å². The molecule has 0 N–H and O–H groups in total. The molecule has 5 nitrogen and oxygen atoms in total. The fourth-order valence-electron chi connectivity index (χ4n) is 2.68. The molecule has 0 radical (unpaired) electrons. The van der Waals surface area contributed by atoms with Crippen LogP contribution in [-0.4, -0.2) is 23.2 Å². The van der Waals surface area contributed by atoms with Crippen LogP contribution < -0.4 is 5.30 Å². The van der Waals surface area contributed by atoms with Crippen LogP contribution in [0.15, 0.2) is 70.8 Å². The number of aromatic nitrogens is 2. The van der Waals surface area contributed by atoms with Crippen LogP contribution >= 0.6 is 19.4 Å². The van der Waals surface area contributed by atoms with Crippen molar-refractivity contribution in [1.82, 2.24) is 9.97 Å². The van der Waals surface area contributed by atoms with Gasteiger partial charge in [0, 0.05) is 22.9 Å². The highest BCUT2D eigenvalue weighted by molar-refractivity contribution is 7.99. The average Bonchev–Trinajstić information content (AvgIpc) is 2.75. The molecule has 0 bridgehead atoms. The second-order valence-electron chi connectivity index (χ2n) is 5.97. The van der Waals surface area contributed by atoms with E-state index in [9.17, 15) is 8.96 Å². The Kier molecular flexibility index (Phi) is 7.56. The van der Waals surface area contributed by atoms with E-state index in [2.05, 4.69) is 9.97 Å². The normalized spacial score (nSPS) is 11.6. The molecule has 0 amide bonds. The Morgan fingerprint density at radius 3 is 2.14 bits per heavy atom. The van der Waals surface area contributed by atoms with Gasteiger partial charge in [-0.05, 0) is 43.7 Å². The number of alkyl halides is 1. The van der Waals surface area contributed by atoms with Gasteiger partial charge in [0.1, 0.15) is 17.4 Å². The van der Waals surface area contributed by atoms with E-state index < -0.39 is 14.3 Å². The first kappa shape index (κ1) is 21.7. The Labute approximate surface area is 174 Å². The summed E-state index contributed by atoms with van der Waals surface area (Å²) in [4.78, 5) is 9.86. The number of hydrogen-bond donors (Lipinski definition) is 0. The molecule has 0 aliphatic heterocycles. The van der Waals surface area contributed by atoms with Gasteiger partial charge < -0.3 is 9.05 Å². The van der Waals surface area contributed by atoms with Crippen LogP contribution in [0.3, 0.4) is 0 Å². The summed E-state index contributed by atoms with van der Waals surface area (Å²) in [6, 6.07) is 14.4. The van der Waals surface area contributed by atoms with Crippen LogP contribution in [0.25, 0.3) is 11.3 Å². The molecule has 3 rings (SSSR count). The topological polar surface area (TPSA) is 61.3 Å². The summed E-state index contributed by atoms with van der Waals surface area (Å²) in [6.45, 7) is 3.67. The molecule has 0 aliphatic rings. The molecule has 1 aromatic heterocycles. The molecule has 2 aromatic carbocycles. The molecule has 29 heavy (non-hydrogen) atoms. The third-order valence-corrected chi connectivity index (χ3v) is 7.14. The molecular formula is C21H22FN2O3PS. The maximum Gasteiger partial charge on any atom is 0.361 e. The third kappa shape index (κ3) is 5.31. The van der Waals surface area contributed by atoms with E-state index in [0.717, 1.165) is 15.5 Å². The van der Waals surface area contributed by atoms with Crippen LogP contribution in [-0.2, 0) is 20.3 Å². The molecule has 0 fully saturated rings. The van der Waals surface area contributed by atoms with Gasteiger partial charge in [0.15, 0.2) is 0 Å². The SMILES string of the molecule is CCOP(=O)(OCC)c1ccc(-c2nccnc2Sc2ccc(CF)cc2)cc1.